The van der Waals surface area contributed by atoms with Crippen molar-refractivity contribution in [3.63, 3.8) is 0 Å². The monoisotopic (exact) mass is 463 g/mol. The first-order valence-electron chi connectivity index (χ1n) is 12.7. The maximum Gasteiger partial charge on any atom is 0.240 e. The van der Waals surface area contributed by atoms with Crippen molar-refractivity contribution in [1.29, 1.82) is 0 Å². The third kappa shape index (κ3) is 6.83. The number of nitrogens with zero attached hydrogens (tertiary/aromatic N) is 1. The molecule has 0 aromatic heterocycles. The van der Waals surface area contributed by atoms with Crippen LogP contribution in [-0.2, 0) is 10.0 Å². The molecule has 1 saturated heterocycles. The molecule has 32 heavy (non-hydrogen) atoms. The maximum atomic E-state index is 13.0. The van der Waals surface area contributed by atoms with Gasteiger partial charge in [0.25, 0.3) is 0 Å². The number of piperazine rings is 1. The van der Waals surface area contributed by atoms with Crippen LogP contribution in [0.15, 0.2) is 23.1 Å². The van der Waals surface area contributed by atoms with Crippen molar-refractivity contribution >= 4 is 21.4 Å². The minimum atomic E-state index is -3.53. The van der Waals surface area contributed by atoms with E-state index in [-0.39, 0.29) is 0 Å². The van der Waals surface area contributed by atoms with Gasteiger partial charge in [0.2, 0.25) is 10.0 Å². The van der Waals surface area contributed by atoms with Gasteiger partial charge in [0.05, 0.1) is 16.3 Å². The topological polar surface area (TPSA) is 85.5 Å². The van der Waals surface area contributed by atoms with Gasteiger partial charge in [-0.3, -0.25) is 4.90 Å². The van der Waals surface area contributed by atoms with Crippen molar-refractivity contribution in [1.82, 2.24) is 14.9 Å². The minimum absolute atomic E-state index is 0.352. The van der Waals surface area contributed by atoms with Crippen molar-refractivity contribution in [2.24, 2.45) is 0 Å². The van der Waals surface area contributed by atoms with Crippen LogP contribution < -0.4 is 20.7 Å². The van der Waals surface area contributed by atoms with Crippen molar-refractivity contribution in [3.8, 4) is 0 Å². The quantitative estimate of drug-likeness (QED) is 0.449. The van der Waals surface area contributed by atoms with Crippen LogP contribution >= 0.6 is 0 Å². The molecule has 7 nitrogen and oxygen atoms in total. The average Bonchev–Trinajstić information content (AvgIpc) is 2.82. The highest BCUT2D eigenvalue weighted by Gasteiger charge is 2.21. The van der Waals surface area contributed by atoms with E-state index in [9.17, 15) is 8.42 Å². The van der Waals surface area contributed by atoms with Crippen LogP contribution in [0.25, 0.3) is 0 Å². The Balaban J connectivity index is 1.44. The Labute approximate surface area is 194 Å². The second-order valence-corrected chi connectivity index (χ2v) is 11.4. The number of nitrogens with one attached hydrogen (secondary N) is 4. The van der Waals surface area contributed by atoms with Crippen LogP contribution in [0.1, 0.15) is 64.2 Å². The maximum absolute atomic E-state index is 13.0. The fourth-order valence-electron chi connectivity index (χ4n) is 5.23. The molecular weight excluding hydrogens is 422 g/mol. The zero-order valence-corrected chi connectivity index (χ0v) is 20.2. The lowest BCUT2D eigenvalue weighted by Crippen LogP contribution is -2.46. The first-order chi connectivity index (χ1) is 15.6. The number of anilines is 2. The number of benzene rings is 1. The van der Waals surface area contributed by atoms with E-state index in [0.29, 0.717) is 23.5 Å². The van der Waals surface area contributed by atoms with E-state index in [4.69, 9.17) is 0 Å². The molecule has 0 amide bonds. The van der Waals surface area contributed by atoms with Gasteiger partial charge < -0.3 is 16.0 Å². The molecule has 1 aromatic carbocycles. The molecule has 0 spiro atoms. The zero-order chi connectivity index (χ0) is 22.2. The highest BCUT2D eigenvalue weighted by atomic mass is 32.2. The predicted molar refractivity (Wildman–Crippen MR) is 132 cm³/mol. The first-order valence-corrected chi connectivity index (χ1v) is 14.2. The summed E-state index contributed by atoms with van der Waals surface area (Å²) in [6.45, 7) is 5.07. The van der Waals surface area contributed by atoms with Gasteiger partial charge in [0, 0.05) is 51.4 Å². The second-order valence-electron chi connectivity index (χ2n) is 9.66. The molecule has 2 aliphatic carbocycles. The van der Waals surface area contributed by atoms with Crippen LogP contribution in [0.4, 0.5) is 11.4 Å². The summed E-state index contributed by atoms with van der Waals surface area (Å²) in [4.78, 5) is 2.65. The van der Waals surface area contributed by atoms with Crippen molar-refractivity contribution in [3.05, 3.63) is 18.2 Å². The summed E-state index contributed by atoms with van der Waals surface area (Å²) in [5.41, 5.74) is 1.98. The highest BCUT2D eigenvalue weighted by Crippen LogP contribution is 2.31. The van der Waals surface area contributed by atoms with Crippen molar-refractivity contribution < 1.29 is 8.42 Å². The smallest absolute Gasteiger partial charge is 0.240 e. The van der Waals surface area contributed by atoms with Gasteiger partial charge in [-0.15, -0.1) is 0 Å². The number of sulfonamides is 1. The van der Waals surface area contributed by atoms with Crippen LogP contribution in [0.3, 0.4) is 0 Å². The fraction of sp³-hybridized carbons (Fsp3) is 0.750. The summed E-state index contributed by atoms with van der Waals surface area (Å²) in [5, 5.41) is 10.7. The zero-order valence-electron chi connectivity index (χ0n) is 19.4. The number of hydrogen-bond acceptors (Lipinski definition) is 6. The third-order valence-electron chi connectivity index (χ3n) is 7.16. The molecule has 1 heterocycles. The first kappa shape index (κ1) is 23.8. The highest BCUT2D eigenvalue weighted by molar-refractivity contribution is 7.89. The summed E-state index contributed by atoms with van der Waals surface area (Å²) >= 11 is 0. The Hall–Kier alpha value is -1.35. The largest absolute Gasteiger partial charge is 0.381 e. The van der Waals surface area contributed by atoms with Gasteiger partial charge in [-0.05, 0) is 43.9 Å². The summed E-state index contributed by atoms with van der Waals surface area (Å²) < 4.78 is 28.9. The molecule has 3 aliphatic rings. The van der Waals surface area contributed by atoms with E-state index in [2.05, 4.69) is 25.6 Å². The van der Waals surface area contributed by atoms with E-state index in [1.54, 1.807) is 6.07 Å². The molecule has 2 saturated carbocycles. The summed E-state index contributed by atoms with van der Waals surface area (Å²) in [6.07, 6.45) is 12.3. The van der Waals surface area contributed by atoms with Crippen LogP contribution in [0, 0.1) is 0 Å². The van der Waals surface area contributed by atoms with Crippen molar-refractivity contribution in [2.75, 3.05) is 49.9 Å². The molecule has 180 valence electrons. The Morgan fingerprint density at radius 2 is 1.44 bits per heavy atom. The lowest BCUT2D eigenvalue weighted by molar-refractivity contribution is 0.245. The molecule has 1 aromatic rings. The normalized spacial score (nSPS) is 22.0. The number of hydrogen-bond donors (Lipinski definition) is 4. The molecule has 3 fully saturated rings. The molecule has 8 heteroatoms. The summed E-state index contributed by atoms with van der Waals surface area (Å²) in [6, 6.07) is 6.46. The van der Waals surface area contributed by atoms with Crippen molar-refractivity contribution in [2.45, 2.75) is 81.2 Å². The lowest BCUT2D eigenvalue weighted by atomic mass is 9.94. The van der Waals surface area contributed by atoms with Crippen LogP contribution in [-0.4, -0.2) is 64.7 Å². The Bertz CT molecular complexity index is 814. The number of rotatable bonds is 9. The van der Waals surface area contributed by atoms with Crippen LogP contribution in [0.2, 0.25) is 0 Å². The predicted octanol–water partition coefficient (Wildman–Crippen LogP) is 3.36. The third-order valence-corrected chi connectivity index (χ3v) is 8.62. The van der Waals surface area contributed by atoms with E-state index in [1.807, 2.05) is 12.1 Å². The molecule has 0 radical (unpaired) electrons. The molecule has 4 N–H and O–H groups in total. The van der Waals surface area contributed by atoms with Crippen LogP contribution in [0.5, 0.6) is 0 Å². The molecular formula is C24H41N5O2S. The Morgan fingerprint density at radius 1 is 0.844 bits per heavy atom. The van der Waals surface area contributed by atoms with E-state index in [1.165, 1.54) is 51.4 Å². The van der Waals surface area contributed by atoms with Gasteiger partial charge in [-0.1, -0.05) is 38.5 Å². The molecule has 0 bridgehead atoms. The standard InChI is InChI=1S/C24H41N5O2S/c30-32(31,26-15-18-29-16-13-25-14-17-29)22-11-12-23(27-20-7-3-1-4-8-20)24(19-22)28-21-9-5-2-6-10-21/h11-12,19-21,25-28H,1-10,13-18H2. The Morgan fingerprint density at radius 3 is 2.06 bits per heavy atom. The van der Waals surface area contributed by atoms with Gasteiger partial charge >= 0.3 is 0 Å². The molecule has 4 rings (SSSR count). The SMILES string of the molecule is O=S(=O)(NCCN1CCNCC1)c1ccc(NC2CCCCC2)c(NC2CCCCC2)c1. The summed E-state index contributed by atoms with van der Waals surface area (Å²) in [5.74, 6) is 0. The summed E-state index contributed by atoms with van der Waals surface area (Å²) in [7, 11) is -3.53. The van der Waals surface area contributed by atoms with E-state index >= 15 is 0 Å². The molecule has 1 aliphatic heterocycles. The lowest BCUT2D eigenvalue weighted by Gasteiger charge is -2.29. The minimum Gasteiger partial charge on any atom is -0.381 e. The Kier molecular flexibility index (Phi) is 8.68. The van der Waals surface area contributed by atoms with E-state index < -0.39 is 10.0 Å². The fourth-order valence-corrected chi connectivity index (χ4v) is 6.27. The van der Waals surface area contributed by atoms with Gasteiger partial charge in [0.15, 0.2) is 0 Å². The second kappa shape index (κ2) is 11.7. The average molecular weight is 464 g/mol. The molecule has 0 unspecified atom stereocenters. The van der Waals surface area contributed by atoms with E-state index in [0.717, 1.165) is 56.9 Å². The van der Waals surface area contributed by atoms with Gasteiger partial charge in [0.1, 0.15) is 0 Å². The van der Waals surface area contributed by atoms with Gasteiger partial charge in [-0.25, -0.2) is 13.1 Å². The molecule has 0 atom stereocenters. The van der Waals surface area contributed by atoms with Gasteiger partial charge in [-0.2, -0.15) is 0 Å².